The van der Waals surface area contributed by atoms with Crippen molar-refractivity contribution in [2.75, 3.05) is 6.61 Å². The SMILES string of the molecule is O=C(N[C@@H](CO)Cc1ccccc1)c1ccc(=O)[nH]n1. The van der Waals surface area contributed by atoms with E-state index in [0.29, 0.717) is 6.42 Å². The quantitative estimate of drug-likeness (QED) is 0.720. The van der Waals surface area contributed by atoms with Gasteiger partial charge in [-0.1, -0.05) is 30.3 Å². The van der Waals surface area contributed by atoms with Gasteiger partial charge in [0.2, 0.25) is 0 Å². The summed E-state index contributed by atoms with van der Waals surface area (Å²) in [5.41, 5.74) is 0.752. The number of carbonyl (C=O) groups excluding carboxylic acids is 1. The molecule has 2 aromatic rings. The number of amides is 1. The molecule has 0 saturated carbocycles. The van der Waals surface area contributed by atoms with Crippen molar-refractivity contribution in [1.29, 1.82) is 0 Å². The molecule has 0 aliphatic rings. The molecule has 1 atom stereocenters. The number of benzene rings is 1. The van der Waals surface area contributed by atoms with Gasteiger partial charge in [-0.3, -0.25) is 9.59 Å². The summed E-state index contributed by atoms with van der Waals surface area (Å²) in [5, 5.41) is 17.8. The number of nitrogens with zero attached hydrogens (tertiary/aromatic N) is 1. The second kappa shape index (κ2) is 6.63. The lowest BCUT2D eigenvalue weighted by Crippen LogP contribution is -2.39. The second-order valence-corrected chi connectivity index (χ2v) is 4.35. The highest BCUT2D eigenvalue weighted by atomic mass is 16.3. The van der Waals surface area contributed by atoms with Gasteiger partial charge in [0, 0.05) is 6.07 Å². The third-order valence-corrected chi connectivity index (χ3v) is 2.79. The van der Waals surface area contributed by atoms with Crippen LogP contribution in [-0.4, -0.2) is 33.9 Å². The van der Waals surface area contributed by atoms with Gasteiger partial charge in [-0.05, 0) is 18.1 Å². The summed E-state index contributed by atoms with van der Waals surface area (Å²) in [4.78, 5) is 22.8. The summed E-state index contributed by atoms with van der Waals surface area (Å²) in [5.74, 6) is -0.434. The molecular weight excluding hydrogens is 258 g/mol. The van der Waals surface area contributed by atoms with Gasteiger partial charge in [-0.25, -0.2) is 5.10 Å². The summed E-state index contributed by atoms with van der Waals surface area (Å²) in [6.07, 6.45) is 0.520. The molecule has 1 aromatic heterocycles. The molecule has 0 saturated heterocycles. The number of aromatic amines is 1. The Kier molecular flexibility index (Phi) is 4.62. The number of rotatable bonds is 5. The summed E-state index contributed by atoms with van der Waals surface area (Å²) in [6, 6.07) is 11.7. The lowest BCUT2D eigenvalue weighted by atomic mass is 10.1. The van der Waals surface area contributed by atoms with E-state index in [-0.39, 0.29) is 17.9 Å². The summed E-state index contributed by atoms with van der Waals surface area (Å²) in [7, 11) is 0. The minimum atomic E-state index is -0.434. The first-order valence-corrected chi connectivity index (χ1v) is 6.20. The first-order valence-electron chi connectivity index (χ1n) is 6.20. The summed E-state index contributed by atoms with van der Waals surface area (Å²) < 4.78 is 0. The largest absolute Gasteiger partial charge is 0.394 e. The molecular formula is C14H15N3O3. The van der Waals surface area contributed by atoms with Gasteiger partial charge in [0.1, 0.15) is 5.69 Å². The maximum absolute atomic E-state index is 11.9. The zero-order chi connectivity index (χ0) is 14.4. The Labute approximate surface area is 115 Å². The average molecular weight is 273 g/mol. The first kappa shape index (κ1) is 14.0. The van der Waals surface area contributed by atoms with Crippen LogP contribution in [0.25, 0.3) is 0 Å². The number of carbonyl (C=O) groups is 1. The van der Waals surface area contributed by atoms with E-state index >= 15 is 0 Å². The van der Waals surface area contributed by atoms with Gasteiger partial charge >= 0.3 is 0 Å². The topological polar surface area (TPSA) is 95.1 Å². The molecule has 3 N–H and O–H groups in total. The fraction of sp³-hybridized carbons (Fsp3) is 0.214. The number of aliphatic hydroxyl groups is 1. The Morgan fingerprint density at radius 1 is 1.25 bits per heavy atom. The summed E-state index contributed by atoms with van der Waals surface area (Å²) in [6.45, 7) is -0.177. The average Bonchev–Trinajstić information content (AvgIpc) is 2.48. The van der Waals surface area contributed by atoms with Crippen molar-refractivity contribution >= 4 is 5.91 Å². The fourth-order valence-corrected chi connectivity index (χ4v) is 1.79. The van der Waals surface area contributed by atoms with Crippen LogP contribution in [0.1, 0.15) is 16.1 Å². The van der Waals surface area contributed by atoms with Crippen molar-refractivity contribution in [3.63, 3.8) is 0 Å². The van der Waals surface area contributed by atoms with Gasteiger partial charge in [-0.15, -0.1) is 0 Å². The maximum Gasteiger partial charge on any atom is 0.272 e. The predicted molar refractivity (Wildman–Crippen MR) is 73.3 cm³/mol. The number of aliphatic hydroxyl groups excluding tert-OH is 1. The Balaban J connectivity index is 2.01. The van der Waals surface area contributed by atoms with Crippen LogP contribution in [0, 0.1) is 0 Å². The van der Waals surface area contributed by atoms with E-state index in [9.17, 15) is 14.7 Å². The van der Waals surface area contributed by atoms with Crippen LogP contribution in [0.5, 0.6) is 0 Å². The van der Waals surface area contributed by atoms with Crippen LogP contribution in [0.4, 0.5) is 0 Å². The van der Waals surface area contributed by atoms with Gasteiger partial charge in [-0.2, -0.15) is 5.10 Å². The molecule has 0 aliphatic heterocycles. The molecule has 0 unspecified atom stereocenters. The third-order valence-electron chi connectivity index (χ3n) is 2.79. The highest BCUT2D eigenvalue weighted by molar-refractivity contribution is 5.92. The molecule has 20 heavy (non-hydrogen) atoms. The number of H-pyrrole nitrogens is 1. The van der Waals surface area contributed by atoms with Gasteiger partial charge in [0.15, 0.2) is 0 Å². The number of aromatic nitrogens is 2. The van der Waals surface area contributed by atoms with Crippen LogP contribution in [0.15, 0.2) is 47.3 Å². The van der Waals surface area contributed by atoms with Crippen molar-refractivity contribution < 1.29 is 9.90 Å². The van der Waals surface area contributed by atoms with E-state index < -0.39 is 11.9 Å². The smallest absolute Gasteiger partial charge is 0.272 e. The van der Waals surface area contributed by atoms with Gasteiger partial charge < -0.3 is 10.4 Å². The highest BCUT2D eigenvalue weighted by Crippen LogP contribution is 2.03. The van der Waals surface area contributed by atoms with Crippen molar-refractivity contribution in [2.45, 2.75) is 12.5 Å². The third kappa shape index (κ3) is 3.76. The van der Waals surface area contributed by atoms with Crippen molar-refractivity contribution in [2.24, 2.45) is 0 Å². The summed E-state index contributed by atoms with van der Waals surface area (Å²) >= 11 is 0. The zero-order valence-corrected chi connectivity index (χ0v) is 10.7. The first-order chi connectivity index (χ1) is 9.69. The van der Waals surface area contributed by atoms with E-state index in [0.717, 1.165) is 5.56 Å². The molecule has 0 aliphatic carbocycles. The van der Waals surface area contributed by atoms with Crippen LogP contribution in [0.3, 0.4) is 0 Å². The lowest BCUT2D eigenvalue weighted by Gasteiger charge is -2.15. The van der Waals surface area contributed by atoms with E-state index in [1.54, 1.807) is 0 Å². The minimum absolute atomic E-state index is 0.108. The zero-order valence-electron chi connectivity index (χ0n) is 10.7. The van der Waals surface area contributed by atoms with Crippen LogP contribution in [0.2, 0.25) is 0 Å². The fourth-order valence-electron chi connectivity index (χ4n) is 1.79. The molecule has 0 fully saturated rings. The van der Waals surface area contributed by atoms with Crippen LogP contribution < -0.4 is 10.9 Å². The van der Waals surface area contributed by atoms with Crippen LogP contribution in [-0.2, 0) is 6.42 Å². The Bertz CT molecular complexity index is 605. The monoisotopic (exact) mass is 273 g/mol. The van der Waals surface area contributed by atoms with E-state index in [1.165, 1.54) is 12.1 Å². The Morgan fingerprint density at radius 2 is 2.00 bits per heavy atom. The molecule has 2 rings (SSSR count). The van der Waals surface area contributed by atoms with Crippen molar-refractivity contribution in [1.82, 2.24) is 15.5 Å². The van der Waals surface area contributed by atoms with Crippen molar-refractivity contribution in [3.05, 3.63) is 64.1 Å². The Morgan fingerprint density at radius 3 is 2.60 bits per heavy atom. The van der Waals surface area contributed by atoms with Gasteiger partial charge in [0.25, 0.3) is 11.5 Å². The molecule has 6 heteroatoms. The minimum Gasteiger partial charge on any atom is -0.394 e. The maximum atomic E-state index is 11.9. The standard InChI is InChI=1S/C14H15N3O3/c18-9-11(8-10-4-2-1-3-5-10)15-14(20)12-6-7-13(19)17-16-12/h1-7,11,18H,8-9H2,(H,15,20)(H,17,19)/t11-/m1/s1. The molecule has 0 bridgehead atoms. The molecule has 6 nitrogen and oxygen atoms in total. The van der Waals surface area contributed by atoms with E-state index in [4.69, 9.17) is 0 Å². The molecule has 1 amide bonds. The number of hydrogen-bond acceptors (Lipinski definition) is 4. The molecule has 0 spiro atoms. The highest BCUT2D eigenvalue weighted by Gasteiger charge is 2.14. The molecule has 1 heterocycles. The number of hydrogen-bond donors (Lipinski definition) is 3. The number of nitrogens with one attached hydrogen (secondary N) is 2. The lowest BCUT2D eigenvalue weighted by molar-refractivity contribution is 0.0910. The Hall–Kier alpha value is -2.47. The molecule has 1 aromatic carbocycles. The normalized spacial score (nSPS) is 11.8. The van der Waals surface area contributed by atoms with Crippen molar-refractivity contribution in [3.8, 4) is 0 Å². The molecule has 0 radical (unpaired) electrons. The van der Waals surface area contributed by atoms with Gasteiger partial charge in [0.05, 0.1) is 12.6 Å². The van der Waals surface area contributed by atoms with E-state index in [2.05, 4.69) is 15.5 Å². The predicted octanol–water partition coefficient (Wildman–Crippen LogP) is 0.103. The van der Waals surface area contributed by atoms with E-state index in [1.807, 2.05) is 30.3 Å². The second-order valence-electron chi connectivity index (χ2n) is 4.35. The van der Waals surface area contributed by atoms with Crippen LogP contribution >= 0.6 is 0 Å². The molecule has 104 valence electrons.